The number of Topliss-reactive ketones (excluding diaryl/α,β-unsaturated/α-hetero) is 1. The maximum absolute atomic E-state index is 12.3. The van der Waals surface area contributed by atoms with Gasteiger partial charge in [-0.3, -0.25) is 14.4 Å². The quantitative estimate of drug-likeness (QED) is 0.501. The van der Waals surface area contributed by atoms with E-state index in [1.165, 1.54) is 16.7 Å². The summed E-state index contributed by atoms with van der Waals surface area (Å²) in [6.07, 6.45) is 4.22. The molecule has 3 rings (SSSR count). The number of carbonyl (C=O) groups is 3. The minimum Gasteiger partial charge on any atom is -0.456 e. The van der Waals surface area contributed by atoms with Gasteiger partial charge in [-0.1, -0.05) is 43.3 Å². The first-order valence-electron chi connectivity index (χ1n) is 10.6. The molecule has 2 aromatic carbocycles. The van der Waals surface area contributed by atoms with Crippen LogP contribution < -0.4 is 5.32 Å². The van der Waals surface area contributed by atoms with Crippen molar-refractivity contribution < 1.29 is 19.1 Å². The Hall–Kier alpha value is -2.95. The number of rotatable bonds is 9. The Morgan fingerprint density at radius 2 is 1.73 bits per heavy atom. The number of amides is 1. The van der Waals surface area contributed by atoms with Crippen molar-refractivity contribution in [1.82, 2.24) is 5.32 Å². The average molecular weight is 408 g/mol. The molecule has 0 saturated carbocycles. The Labute approximate surface area is 177 Å². The van der Waals surface area contributed by atoms with Crippen LogP contribution in [0.1, 0.15) is 71.8 Å². The highest BCUT2D eigenvalue weighted by Gasteiger charge is 2.16. The van der Waals surface area contributed by atoms with E-state index >= 15 is 0 Å². The van der Waals surface area contributed by atoms with Crippen molar-refractivity contribution >= 4 is 17.7 Å². The summed E-state index contributed by atoms with van der Waals surface area (Å²) < 4.78 is 5.03. The van der Waals surface area contributed by atoms with Gasteiger partial charge in [0.05, 0.1) is 12.5 Å². The van der Waals surface area contributed by atoms with Crippen molar-refractivity contribution in [2.75, 3.05) is 6.61 Å². The molecule has 1 N–H and O–H groups in total. The van der Waals surface area contributed by atoms with Gasteiger partial charge in [-0.25, -0.2) is 0 Å². The summed E-state index contributed by atoms with van der Waals surface area (Å²) in [7, 11) is 0. The standard InChI is InChI=1S/C25H29NO4/c1-3-18-7-9-19(10-8-18)17(2)26-24(28)16-30-25(29)14-13-23(27)22-12-11-20-5-4-6-21(20)15-22/h7-12,15,17H,3-6,13-14,16H2,1-2H3,(H,26,28)/t17-/m1/s1. The van der Waals surface area contributed by atoms with Gasteiger partial charge in [0, 0.05) is 12.0 Å². The van der Waals surface area contributed by atoms with E-state index in [0.29, 0.717) is 5.56 Å². The number of benzene rings is 2. The van der Waals surface area contributed by atoms with E-state index < -0.39 is 5.97 Å². The molecule has 0 heterocycles. The van der Waals surface area contributed by atoms with Gasteiger partial charge in [0.2, 0.25) is 0 Å². The number of fused-ring (bicyclic) bond motifs is 1. The van der Waals surface area contributed by atoms with Crippen LogP contribution in [0, 0.1) is 0 Å². The molecule has 30 heavy (non-hydrogen) atoms. The van der Waals surface area contributed by atoms with Crippen LogP contribution in [0.2, 0.25) is 0 Å². The molecule has 5 nitrogen and oxygen atoms in total. The largest absolute Gasteiger partial charge is 0.456 e. The van der Waals surface area contributed by atoms with Crippen molar-refractivity contribution in [1.29, 1.82) is 0 Å². The molecule has 0 unspecified atom stereocenters. The summed E-state index contributed by atoms with van der Waals surface area (Å²) >= 11 is 0. The fourth-order valence-corrected chi connectivity index (χ4v) is 3.73. The first kappa shape index (κ1) is 21.8. The smallest absolute Gasteiger partial charge is 0.306 e. The van der Waals surface area contributed by atoms with Crippen LogP contribution >= 0.6 is 0 Å². The van der Waals surface area contributed by atoms with E-state index in [0.717, 1.165) is 31.2 Å². The lowest BCUT2D eigenvalue weighted by molar-refractivity contribution is -0.148. The zero-order valence-corrected chi connectivity index (χ0v) is 17.7. The molecule has 0 fully saturated rings. The normalized spacial score (nSPS) is 13.4. The van der Waals surface area contributed by atoms with Gasteiger partial charge in [-0.05, 0) is 60.9 Å². The number of hydrogen-bond donors (Lipinski definition) is 1. The third-order valence-corrected chi connectivity index (χ3v) is 5.61. The Balaban J connectivity index is 1.39. The number of carbonyl (C=O) groups excluding carboxylic acids is 3. The number of hydrogen-bond acceptors (Lipinski definition) is 4. The topological polar surface area (TPSA) is 72.5 Å². The second kappa shape index (κ2) is 10.2. The number of esters is 1. The lowest BCUT2D eigenvalue weighted by Crippen LogP contribution is -2.31. The van der Waals surface area contributed by atoms with Crippen molar-refractivity contribution in [2.24, 2.45) is 0 Å². The van der Waals surface area contributed by atoms with Crippen molar-refractivity contribution in [2.45, 2.75) is 58.4 Å². The number of nitrogens with one attached hydrogen (secondary N) is 1. The van der Waals surface area contributed by atoms with E-state index in [4.69, 9.17) is 4.74 Å². The maximum Gasteiger partial charge on any atom is 0.306 e. The van der Waals surface area contributed by atoms with Crippen LogP contribution in [0.25, 0.3) is 0 Å². The molecular formula is C25H29NO4. The van der Waals surface area contributed by atoms with E-state index in [1.54, 1.807) is 0 Å². The van der Waals surface area contributed by atoms with Gasteiger partial charge in [0.25, 0.3) is 5.91 Å². The molecular weight excluding hydrogens is 378 g/mol. The zero-order valence-electron chi connectivity index (χ0n) is 17.7. The van der Waals surface area contributed by atoms with Gasteiger partial charge < -0.3 is 10.1 Å². The summed E-state index contributed by atoms with van der Waals surface area (Å²) in [6.45, 7) is 3.63. The van der Waals surface area contributed by atoms with Gasteiger partial charge in [0.15, 0.2) is 12.4 Å². The Morgan fingerprint density at radius 3 is 2.47 bits per heavy atom. The average Bonchev–Trinajstić information content (AvgIpc) is 3.24. The molecule has 2 aromatic rings. The van der Waals surface area contributed by atoms with Gasteiger partial charge in [-0.2, -0.15) is 0 Å². The highest BCUT2D eigenvalue weighted by Crippen LogP contribution is 2.23. The Morgan fingerprint density at radius 1 is 1.00 bits per heavy atom. The van der Waals surface area contributed by atoms with E-state index in [9.17, 15) is 14.4 Å². The van der Waals surface area contributed by atoms with Crippen molar-refractivity contribution in [3.05, 3.63) is 70.3 Å². The molecule has 0 saturated heterocycles. The molecule has 0 aliphatic heterocycles. The Bertz CT molecular complexity index is 917. The summed E-state index contributed by atoms with van der Waals surface area (Å²) in [5, 5.41) is 2.82. The molecule has 1 aliphatic carbocycles. The summed E-state index contributed by atoms with van der Waals surface area (Å²) in [5.41, 5.74) is 5.42. The summed E-state index contributed by atoms with van der Waals surface area (Å²) in [4.78, 5) is 36.4. The van der Waals surface area contributed by atoms with Gasteiger partial charge in [-0.15, -0.1) is 0 Å². The highest BCUT2D eigenvalue weighted by molar-refractivity contribution is 5.98. The molecule has 0 bridgehead atoms. The number of ketones is 1. The van der Waals surface area contributed by atoms with Crippen LogP contribution in [0.15, 0.2) is 42.5 Å². The predicted molar refractivity (Wildman–Crippen MR) is 115 cm³/mol. The van der Waals surface area contributed by atoms with Crippen LogP contribution in [-0.2, 0) is 33.6 Å². The number of ether oxygens (including phenoxy) is 1. The fourth-order valence-electron chi connectivity index (χ4n) is 3.73. The van der Waals surface area contributed by atoms with Crippen LogP contribution in [0.5, 0.6) is 0 Å². The van der Waals surface area contributed by atoms with Crippen molar-refractivity contribution in [3.63, 3.8) is 0 Å². The van der Waals surface area contributed by atoms with Crippen LogP contribution in [0.4, 0.5) is 0 Å². The SMILES string of the molecule is CCc1ccc([C@@H](C)NC(=O)COC(=O)CCC(=O)c2ccc3c(c2)CCC3)cc1. The van der Waals surface area contributed by atoms with Crippen molar-refractivity contribution in [3.8, 4) is 0 Å². The Kier molecular flexibility index (Phi) is 7.39. The lowest BCUT2D eigenvalue weighted by atomic mass is 10.0. The van der Waals surface area contributed by atoms with Gasteiger partial charge >= 0.3 is 5.97 Å². The molecule has 0 spiro atoms. The molecule has 1 atom stereocenters. The third-order valence-electron chi connectivity index (χ3n) is 5.61. The molecule has 0 aromatic heterocycles. The molecule has 5 heteroatoms. The minimum atomic E-state index is -0.542. The first-order chi connectivity index (χ1) is 14.5. The number of aryl methyl sites for hydroxylation is 3. The van der Waals surface area contributed by atoms with E-state index in [1.807, 2.05) is 49.4 Å². The van der Waals surface area contributed by atoms with E-state index in [2.05, 4.69) is 12.2 Å². The zero-order chi connectivity index (χ0) is 21.5. The fraction of sp³-hybridized carbons (Fsp3) is 0.400. The maximum atomic E-state index is 12.3. The highest BCUT2D eigenvalue weighted by atomic mass is 16.5. The second-order valence-corrected chi connectivity index (χ2v) is 7.81. The molecule has 158 valence electrons. The second-order valence-electron chi connectivity index (χ2n) is 7.81. The monoisotopic (exact) mass is 407 g/mol. The van der Waals surface area contributed by atoms with Gasteiger partial charge in [0.1, 0.15) is 0 Å². The molecule has 1 aliphatic rings. The first-order valence-corrected chi connectivity index (χ1v) is 10.6. The molecule has 1 amide bonds. The molecule has 0 radical (unpaired) electrons. The predicted octanol–water partition coefficient (Wildman–Crippen LogP) is 4.12. The van der Waals surface area contributed by atoms with Crippen LogP contribution in [0.3, 0.4) is 0 Å². The third kappa shape index (κ3) is 5.78. The summed E-state index contributed by atoms with van der Waals surface area (Å²) in [5.74, 6) is -0.977. The minimum absolute atomic E-state index is 0.0305. The van der Waals surface area contributed by atoms with Crippen LogP contribution in [-0.4, -0.2) is 24.3 Å². The van der Waals surface area contributed by atoms with E-state index in [-0.39, 0.29) is 37.2 Å². The lowest BCUT2D eigenvalue weighted by Gasteiger charge is -2.15. The summed E-state index contributed by atoms with van der Waals surface area (Å²) in [6, 6.07) is 13.7.